The van der Waals surface area contributed by atoms with Gasteiger partial charge in [-0.3, -0.25) is 10.1 Å². The molecule has 19 heavy (non-hydrogen) atoms. The lowest BCUT2D eigenvalue weighted by Gasteiger charge is -1.93. The number of rotatable bonds is 4. The molecule has 0 fully saturated rings. The Labute approximate surface area is 106 Å². The lowest BCUT2D eigenvalue weighted by molar-refractivity contribution is -0.384. The van der Waals surface area contributed by atoms with Crippen molar-refractivity contribution >= 4 is 17.7 Å². The van der Waals surface area contributed by atoms with E-state index in [1.165, 1.54) is 24.3 Å². The second kappa shape index (κ2) is 5.08. The zero-order valence-electron chi connectivity index (χ0n) is 9.39. The molecule has 96 valence electrons. The summed E-state index contributed by atoms with van der Waals surface area (Å²) in [5, 5.41) is 26.3. The predicted octanol–water partition coefficient (Wildman–Crippen LogP) is 1.74. The van der Waals surface area contributed by atoms with Crippen LogP contribution in [0.15, 0.2) is 34.8 Å². The van der Waals surface area contributed by atoms with Gasteiger partial charge in [0.05, 0.1) is 4.92 Å². The standard InChI is InChI=1S/C11H7N3O5/c15-10(16)6-5-9-12-13-11(19-9)7-1-3-8(4-2-7)14(17)18/h1-6H,(H,15,16)/b6-5+. The summed E-state index contributed by atoms with van der Waals surface area (Å²) in [6.07, 6.45) is 2.03. The van der Waals surface area contributed by atoms with Gasteiger partial charge in [0.2, 0.25) is 11.8 Å². The minimum Gasteiger partial charge on any atom is -0.478 e. The first-order valence-corrected chi connectivity index (χ1v) is 5.05. The molecule has 1 heterocycles. The fourth-order valence-corrected chi connectivity index (χ4v) is 1.29. The van der Waals surface area contributed by atoms with Gasteiger partial charge in [-0.25, -0.2) is 4.79 Å². The van der Waals surface area contributed by atoms with Gasteiger partial charge < -0.3 is 9.52 Å². The highest BCUT2D eigenvalue weighted by atomic mass is 16.6. The molecule has 0 saturated carbocycles. The molecule has 1 aromatic heterocycles. The normalized spacial score (nSPS) is 10.7. The highest BCUT2D eigenvalue weighted by Gasteiger charge is 2.09. The molecule has 1 aromatic carbocycles. The number of hydrogen-bond donors (Lipinski definition) is 1. The summed E-state index contributed by atoms with van der Waals surface area (Å²) in [6, 6.07) is 5.56. The van der Waals surface area contributed by atoms with Crippen molar-refractivity contribution in [2.24, 2.45) is 0 Å². The van der Waals surface area contributed by atoms with Gasteiger partial charge in [0.15, 0.2) is 0 Å². The van der Waals surface area contributed by atoms with Gasteiger partial charge in [-0.1, -0.05) is 0 Å². The highest BCUT2D eigenvalue weighted by Crippen LogP contribution is 2.21. The van der Waals surface area contributed by atoms with Crippen LogP contribution in [0, 0.1) is 10.1 Å². The number of non-ortho nitro benzene ring substituents is 1. The molecule has 0 aliphatic carbocycles. The monoisotopic (exact) mass is 261 g/mol. The molecule has 0 saturated heterocycles. The molecule has 0 spiro atoms. The quantitative estimate of drug-likeness (QED) is 0.505. The van der Waals surface area contributed by atoms with Crippen LogP contribution in [0.4, 0.5) is 5.69 Å². The van der Waals surface area contributed by atoms with Crippen LogP contribution in [0.25, 0.3) is 17.5 Å². The van der Waals surface area contributed by atoms with Crippen LogP contribution in [0.3, 0.4) is 0 Å². The second-order valence-electron chi connectivity index (χ2n) is 3.42. The number of aliphatic carboxylic acids is 1. The third-order valence-corrected chi connectivity index (χ3v) is 2.13. The van der Waals surface area contributed by atoms with Gasteiger partial charge in [-0.2, -0.15) is 0 Å². The summed E-state index contributed by atoms with van der Waals surface area (Å²) in [4.78, 5) is 20.3. The fraction of sp³-hybridized carbons (Fsp3) is 0. The largest absolute Gasteiger partial charge is 0.478 e. The zero-order valence-corrected chi connectivity index (χ0v) is 9.39. The van der Waals surface area contributed by atoms with E-state index in [1.54, 1.807) is 0 Å². The van der Waals surface area contributed by atoms with Crippen molar-refractivity contribution in [2.75, 3.05) is 0 Å². The maximum atomic E-state index is 10.5. The van der Waals surface area contributed by atoms with E-state index < -0.39 is 10.9 Å². The van der Waals surface area contributed by atoms with Crippen LogP contribution in [-0.4, -0.2) is 26.2 Å². The molecule has 8 nitrogen and oxygen atoms in total. The number of nitro benzene ring substituents is 1. The second-order valence-corrected chi connectivity index (χ2v) is 3.42. The molecular formula is C11H7N3O5. The van der Waals surface area contributed by atoms with Crippen LogP contribution in [-0.2, 0) is 4.79 Å². The minimum atomic E-state index is -1.13. The Bertz CT molecular complexity index is 645. The fourth-order valence-electron chi connectivity index (χ4n) is 1.29. The van der Waals surface area contributed by atoms with Gasteiger partial charge in [0.25, 0.3) is 5.69 Å². The Kier molecular flexibility index (Phi) is 3.33. The molecule has 0 radical (unpaired) electrons. The van der Waals surface area contributed by atoms with Crippen LogP contribution in [0.5, 0.6) is 0 Å². The molecule has 8 heteroatoms. The Morgan fingerprint density at radius 2 is 2.00 bits per heavy atom. The van der Waals surface area contributed by atoms with E-state index in [1.807, 2.05) is 0 Å². The lowest BCUT2D eigenvalue weighted by atomic mass is 10.2. The molecule has 2 aromatic rings. The van der Waals surface area contributed by atoms with Crippen LogP contribution in [0.1, 0.15) is 5.89 Å². The molecule has 0 atom stereocenters. The summed E-state index contributed by atoms with van der Waals surface area (Å²) in [6.45, 7) is 0. The Morgan fingerprint density at radius 1 is 1.32 bits per heavy atom. The Balaban J connectivity index is 2.23. The molecular weight excluding hydrogens is 254 g/mol. The molecule has 0 aliphatic heterocycles. The first-order valence-electron chi connectivity index (χ1n) is 5.05. The third kappa shape index (κ3) is 3.00. The maximum absolute atomic E-state index is 10.5. The van der Waals surface area contributed by atoms with Crippen molar-refractivity contribution in [3.05, 3.63) is 46.3 Å². The topological polar surface area (TPSA) is 119 Å². The lowest BCUT2D eigenvalue weighted by Crippen LogP contribution is -1.87. The first kappa shape index (κ1) is 12.4. The van der Waals surface area contributed by atoms with Gasteiger partial charge in [0, 0.05) is 29.8 Å². The molecule has 0 unspecified atom stereocenters. The number of aromatic nitrogens is 2. The number of carboxylic acid groups (broad SMARTS) is 1. The molecule has 1 N–H and O–H groups in total. The van der Waals surface area contributed by atoms with Gasteiger partial charge >= 0.3 is 5.97 Å². The molecule has 0 bridgehead atoms. The van der Waals surface area contributed by atoms with Gasteiger partial charge in [-0.05, 0) is 12.1 Å². The average Bonchev–Trinajstić information content (AvgIpc) is 2.85. The van der Waals surface area contributed by atoms with Crippen molar-refractivity contribution in [3.8, 4) is 11.5 Å². The van der Waals surface area contributed by atoms with E-state index in [2.05, 4.69) is 10.2 Å². The first-order chi connectivity index (χ1) is 9.06. The third-order valence-electron chi connectivity index (χ3n) is 2.13. The number of hydrogen-bond acceptors (Lipinski definition) is 6. The number of nitrogens with zero attached hydrogens (tertiary/aromatic N) is 3. The summed E-state index contributed by atoms with van der Waals surface area (Å²) < 4.78 is 5.18. The minimum absolute atomic E-state index is 0.0377. The van der Waals surface area contributed by atoms with E-state index in [4.69, 9.17) is 9.52 Å². The number of carboxylic acids is 1. The molecule has 2 rings (SSSR count). The van der Waals surface area contributed by atoms with E-state index >= 15 is 0 Å². The number of benzene rings is 1. The van der Waals surface area contributed by atoms with Crippen molar-refractivity contribution < 1.29 is 19.2 Å². The Hall–Kier alpha value is -3.03. The Morgan fingerprint density at radius 3 is 2.58 bits per heavy atom. The van der Waals surface area contributed by atoms with Crippen LogP contribution >= 0.6 is 0 Å². The van der Waals surface area contributed by atoms with E-state index in [0.29, 0.717) is 5.56 Å². The summed E-state index contributed by atoms with van der Waals surface area (Å²) in [7, 11) is 0. The summed E-state index contributed by atoms with van der Waals surface area (Å²) >= 11 is 0. The average molecular weight is 261 g/mol. The molecule has 0 aliphatic rings. The van der Waals surface area contributed by atoms with Crippen molar-refractivity contribution in [1.29, 1.82) is 0 Å². The van der Waals surface area contributed by atoms with Gasteiger partial charge in [0.1, 0.15) is 0 Å². The van der Waals surface area contributed by atoms with Crippen molar-refractivity contribution in [2.45, 2.75) is 0 Å². The predicted molar refractivity (Wildman–Crippen MR) is 63.1 cm³/mol. The van der Waals surface area contributed by atoms with Crippen molar-refractivity contribution in [3.63, 3.8) is 0 Å². The number of nitro groups is 1. The van der Waals surface area contributed by atoms with Crippen LogP contribution in [0.2, 0.25) is 0 Å². The summed E-state index contributed by atoms with van der Waals surface area (Å²) in [5.41, 5.74) is 0.460. The molecule has 0 amide bonds. The van der Waals surface area contributed by atoms with E-state index in [-0.39, 0.29) is 17.5 Å². The number of carbonyl (C=O) groups is 1. The van der Waals surface area contributed by atoms with E-state index in [9.17, 15) is 14.9 Å². The van der Waals surface area contributed by atoms with E-state index in [0.717, 1.165) is 12.2 Å². The van der Waals surface area contributed by atoms with Gasteiger partial charge in [-0.15, -0.1) is 10.2 Å². The summed E-state index contributed by atoms with van der Waals surface area (Å²) in [5.74, 6) is -0.939. The zero-order chi connectivity index (χ0) is 13.8. The smallest absolute Gasteiger partial charge is 0.328 e. The maximum Gasteiger partial charge on any atom is 0.328 e. The van der Waals surface area contributed by atoms with Crippen molar-refractivity contribution in [1.82, 2.24) is 10.2 Å². The highest BCUT2D eigenvalue weighted by molar-refractivity contribution is 5.84. The SMILES string of the molecule is O=C(O)/C=C/c1nnc(-c2ccc([N+](=O)[O-])cc2)o1. The van der Waals surface area contributed by atoms with Crippen LogP contribution < -0.4 is 0 Å².